The van der Waals surface area contributed by atoms with Gasteiger partial charge in [0.05, 0.1) is 16.7 Å². The summed E-state index contributed by atoms with van der Waals surface area (Å²) in [6.07, 6.45) is 0.518. The van der Waals surface area contributed by atoms with E-state index in [2.05, 4.69) is 15.9 Å². The van der Waals surface area contributed by atoms with E-state index >= 15 is 0 Å². The first-order valence-electron chi connectivity index (χ1n) is 9.05. The summed E-state index contributed by atoms with van der Waals surface area (Å²) >= 11 is 3.33. The third-order valence-electron chi connectivity index (χ3n) is 4.73. The van der Waals surface area contributed by atoms with Gasteiger partial charge in [-0.3, -0.25) is 14.5 Å². The fourth-order valence-corrected chi connectivity index (χ4v) is 3.64. The lowest BCUT2D eigenvalue weighted by atomic mass is 10.1. The Morgan fingerprint density at radius 2 is 1.41 bits per heavy atom. The molecule has 1 aliphatic heterocycles. The van der Waals surface area contributed by atoms with E-state index in [-0.39, 0.29) is 11.8 Å². The average Bonchev–Trinajstić information content (AvgIpc) is 2.98. The minimum atomic E-state index is -0.448. The molecule has 0 spiro atoms. The largest absolute Gasteiger partial charge is 0.423 e. The van der Waals surface area contributed by atoms with Crippen molar-refractivity contribution >= 4 is 33.7 Å². The molecule has 0 aliphatic carbocycles. The molecule has 0 radical (unpaired) electrons. The summed E-state index contributed by atoms with van der Waals surface area (Å²) in [5.74, 6) is -0.541. The molecule has 1 heterocycles. The summed E-state index contributed by atoms with van der Waals surface area (Å²) in [5, 5.41) is 0. The van der Waals surface area contributed by atoms with E-state index in [0.717, 1.165) is 5.56 Å². The van der Waals surface area contributed by atoms with Gasteiger partial charge in [-0.15, -0.1) is 0 Å². The van der Waals surface area contributed by atoms with Crippen molar-refractivity contribution in [1.29, 1.82) is 0 Å². The van der Waals surface area contributed by atoms with E-state index in [1.54, 1.807) is 54.6 Å². The molecule has 0 saturated carbocycles. The van der Waals surface area contributed by atoms with Crippen molar-refractivity contribution < 1.29 is 19.1 Å². The van der Waals surface area contributed by atoms with E-state index in [4.69, 9.17) is 4.74 Å². The minimum absolute atomic E-state index is 0.260. The van der Waals surface area contributed by atoms with Gasteiger partial charge in [-0.25, -0.2) is 4.79 Å². The first-order chi connectivity index (χ1) is 14.0. The summed E-state index contributed by atoms with van der Waals surface area (Å²) in [6.45, 7) is 0.294. The zero-order chi connectivity index (χ0) is 20.4. The predicted molar refractivity (Wildman–Crippen MR) is 111 cm³/mol. The fourth-order valence-electron chi connectivity index (χ4n) is 3.20. The first-order valence-corrected chi connectivity index (χ1v) is 9.85. The van der Waals surface area contributed by atoms with E-state index < -0.39 is 5.97 Å². The van der Waals surface area contributed by atoms with Crippen LogP contribution in [0.4, 0.5) is 0 Å². The van der Waals surface area contributed by atoms with Gasteiger partial charge in [-0.05, 0) is 64.3 Å². The highest BCUT2D eigenvalue weighted by molar-refractivity contribution is 9.10. The van der Waals surface area contributed by atoms with Gasteiger partial charge < -0.3 is 4.74 Å². The lowest BCUT2D eigenvalue weighted by molar-refractivity contribution is 0.0654. The van der Waals surface area contributed by atoms with Crippen LogP contribution in [0.25, 0.3) is 0 Å². The SMILES string of the molecule is O=C(Oc1ccc(CCN2C(=O)c3ccccc3C2=O)cc1)c1ccccc1Br. The molecular weight excluding hydrogens is 434 g/mol. The van der Waals surface area contributed by atoms with Crippen LogP contribution < -0.4 is 4.74 Å². The molecule has 1 aliphatic rings. The Kier molecular flexibility index (Phi) is 5.27. The van der Waals surface area contributed by atoms with Crippen molar-refractivity contribution in [1.82, 2.24) is 4.90 Å². The maximum absolute atomic E-state index is 12.4. The van der Waals surface area contributed by atoms with Crippen molar-refractivity contribution in [3.05, 3.63) is 99.5 Å². The first kappa shape index (κ1) is 19.1. The topological polar surface area (TPSA) is 63.7 Å². The van der Waals surface area contributed by atoms with Gasteiger partial charge in [0, 0.05) is 11.0 Å². The average molecular weight is 450 g/mol. The summed E-state index contributed by atoms with van der Waals surface area (Å²) < 4.78 is 6.07. The number of nitrogens with zero attached hydrogens (tertiary/aromatic N) is 1. The lowest BCUT2D eigenvalue weighted by Gasteiger charge is -2.14. The summed E-state index contributed by atoms with van der Waals surface area (Å²) in [7, 11) is 0. The highest BCUT2D eigenvalue weighted by Crippen LogP contribution is 2.23. The molecule has 0 saturated heterocycles. The van der Waals surface area contributed by atoms with Crippen molar-refractivity contribution in [2.45, 2.75) is 6.42 Å². The van der Waals surface area contributed by atoms with Gasteiger partial charge in [-0.1, -0.05) is 36.4 Å². The lowest BCUT2D eigenvalue weighted by Crippen LogP contribution is -2.31. The van der Waals surface area contributed by atoms with Crippen LogP contribution in [-0.4, -0.2) is 29.2 Å². The molecule has 0 aromatic heterocycles. The predicted octanol–water partition coefficient (Wildman–Crippen LogP) is 4.51. The Morgan fingerprint density at radius 1 is 0.828 bits per heavy atom. The van der Waals surface area contributed by atoms with E-state index in [0.29, 0.717) is 39.9 Å². The molecule has 0 bridgehead atoms. The van der Waals surface area contributed by atoms with Crippen molar-refractivity contribution in [2.24, 2.45) is 0 Å². The van der Waals surface area contributed by atoms with Crippen LogP contribution in [0.5, 0.6) is 5.75 Å². The highest BCUT2D eigenvalue weighted by Gasteiger charge is 2.34. The second-order valence-corrected chi connectivity index (χ2v) is 7.43. The van der Waals surface area contributed by atoms with Crippen LogP contribution in [0.1, 0.15) is 36.6 Å². The molecule has 0 atom stereocenters. The molecule has 6 heteroatoms. The monoisotopic (exact) mass is 449 g/mol. The Bertz CT molecular complexity index is 1070. The molecule has 5 nitrogen and oxygen atoms in total. The number of carbonyl (C=O) groups is 3. The van der Waals surface area contributed by atoms with Crippen LogP contribution >= 0.6 is 15.9 Å². The highest BCUT2D eigenvalue weighted by atomic mass is 79.9. The van der Waals surface area contributed by atoms with Gasteiger partial charge in [0.2, 0.25) is 0 Å². The van der Waals surface area contributed by atoms with Crippen LogP contribution in [0.3, 0.4) is 0 Å². The molecule has 3 aromatic carbocycles. The molecule has 3 aromatic rings. The van der Waals surface area contributed by atoms with Crippen molar-refractivity contribution in [3.63, 3.8) is 0 Å². The molecule has 0 unspecified atom stereocenters. The van der Waals surface area contributed by atoms with Crippen molar-refractivity contribution in [2.75, 3.05) is 6.54 Å². The smallest absolute Gasteiger partial charge is 0.344 e. The fraction of sp³-hybridized carbons (Fsp3) is 0.0870. The second kappa shape index (κ2) is 8.01. The summed E-state index contributed by atoms with van der Waals surface area (Å²) in [4.78, 5) is 38.4. The number of rotatable bonds is 5. The van der Waals surface area contributed by atoms with Crippen LogP contribution in [-0.2, 0) is 6.42 Å². The van der Waals surface area contributed by atoms with Gasteiger partial charge in [0.25, 0.3) is 11.8 Å². The number of ether oxygens (including phenoxy) is 1. The molecule has 144 valence electrons. The van der Waals surface area contributed by atoms with Gasteiger partial charge >= 0.3 is 5.97 Å². The number of esters is 1. The molecule has 4 rings (SSSR count). The second-order valence-electron chi connectivity index (χ2n) is 6.57. The molecule has 2 amide bonds. The van der Waals surface area contributed by atoms with E-state index in [1.165, 1.54) is 4.90 Å². The third kappa shape index (κ3) is 3.84. The molecular formula is C23H16BrNO4. The number of fused-ring (bicyclic) bond motifs is 1. The number of imide groups is 1. The summed E-state index contributed by atoms with van der Waals surface area (Å²) in [6, 6.07) is 20.9. The van der Waals surface area contributed by atoms with Crippen LogP contribution in [0, 0.1) is 0 Å². The van der Waals surface area contributed by atoms with Crippen molar-refractivity contribution in [3.8, 4) is 5.75 Å². The standard InChI is InChI=1S/C23H16BrNO4/c24-20-8-4-3-7-19(20)23(28)29-16-11-9-15(10-12-16)13-14-25-21(26)17-5-1-2-6-18(17)22(25)27/h1-12H,13-14H2. The number of hydrogen-bond donors (Lipinski definition) is 0. The van der Waals surface area contributed by atoms with Gasteiger partial charge in [0.1, 0.15) is 5.75 Å². The van der Waals surface area contributed by atoms with Gasteiger partial charge in [-0.2, -0.15) is 0 Å². The van der Waals surface area contributed by atoms with Crippen LogP contribution in [0.2, 0.25) is 0 Å². The zero-order valence-corrected chi connectivity index (χ0v) is 16.9. The maximum Gasteiger partial charge on any atom is 0.344 e. The number of carbonyl (C=O) groups excluding carboxylic acids is 3. The molecule has 0 fully saturated rings. The van der Waals surface area contributed by atoms with Gasteiger partial charge in [0.15, 0.2) is 0 Å². The number of hydrogen-bond acceptors (Lipinski definition) is 4. The number of benzene rings is 3. The zero-order valence-electron chi connectivity index (χ0n) is 15.3. The molecule has 0 N–H and O–H groups in total. The van der Waals surface area contributed by atoms with Crippen LogP contribution in [0.15, 0.2) is 77.3 Å². The number of amides is 2. The quantitative estimate of drug-likeness (QED) is 0.326. The molecule has 29 heavy (non-hydrogen) atoms. The van der Waals surface area contributed by atoms with E-state index in [9.17, 15) is 14.4 Å². The minimum Gasteiger partial charge on any atom is -0.423 e. The van der Waals surface area contributed by atoms with E-state index in [1.807, 2.05) is 18.2 Å². The maximum atomic E-state index is 12.4. The Labute approximate surface area is 176 Å². The normalized spacial score (nSPS) is 12.8. The third-order valence-corrected chi connectivity index (χ3v) is 5.42. The number of halogens is 1. The Hall–Kier alpha value is -3.25. The Balaban J connectivity index is 1.38. The summed E-state index contributed by atoms with van der Waals surface area (Å²) in [5.41, 5.74) is 2.28. The Morgan fingerprint density at radius 3 is 2.03 bits per heavy atom.